The fourth-order valence-electron chi connectivity index (χ4n) is 1.66. The number of aliphatic hydroxyl groups excluding tert-OH is 1. The van der Waals surface area contributed by atoms with Gasteiger partial charge in [-0.2, -0.15) is 0 Å². The second-order valence-electron chi connectivity index (χ2n) is 3.58. The third-order valence-corrected chi connectivity index (χ3v) is 2.43. The number of hydrogen-bond acceptors (Lipinski definition) is 3. The van der Waals surface area contributed by atoms with Crippen LogP contribution in [0.2, 0.25) is 0 Å². The van der Waals surface area contributed by atoms with Gasteiger partial charge in [0.25, 0.3) is 0 Å². The summed E-state index contributed by atoms with van der Waals surface area (Å²) in [5, 5.41) is 9.17. The molecule has 0 aromatic rings. The fraction of sp³-hybridized carbons (Fsp3) is 1.00. The van der Waals surface area contributed by atoms with E-state index in [1.54, 1.807) is 0 Å². The lowest BCUT2D eigenvalue weighted by atomic mass is 10.3. The molecular formula is C9H20N2O. The van der Waals surface area contributed by atoms with Crippen molar-refractivity contribution in [2.45, 2.75) is 20.0 Å². The van der Waals surface area contributed by atoms with E-state index in [0.717, 1.165) is 39.3 Å². The lowest BCUT2D eigenvalue weighted by Crippen LogP contribution is -2.47. The van der Waals surface area contributed by atoms with Crippen LogP contribution in [0, 0.1) is 0 Å². The summed E-state index contributed by atoms with van der Waals surface area (Å²) < 4.78 is 0. The molecule has 0 saturated carbocycles. The monoisotopic (exact) mass is 172 g/mol. The smallest absolute Gasteiger partial charge is 0.0639 e. The van der Waals surface area contributed by atoms with E-state index in [2.05, 4.69) is 16.7 Å². The van der Waals surface area contributed by atoms with Gasteiger partial charge in [-0.15, -0.1) is 0 Å². The van der Waals surface area contributed by atoms with Crippen molar-refractivity contribution in [3.63, 3.8) is 0 Å². The second kappa shape index (κ2) is 4.80. The average molecular weight is 172 g/mol. The quantitative estimate of drug-likeness (QED) is 0.649. The van der Waals surface area contributed by atoms with Gasteiger partial charge in [0.1, 0.15) is 0 Å². The predicted molar refractivity (Wildman–Crippen MR) is 50.2 cm³/mol. The normalized spacial score (nSPS) is 24.2. The zero-order chi connectivity index (χ0) is 8.97. The molecule has 1 fully saturated rings. The predicted octanol–water partition coefficient (Wildman–Crippen LogP) is 0.00470. The van der Waals surface area contributed by atoms with Gasteiger partial charge in [-0.3, -0.25) is 4.90 Å². The first-order valence-corrected chi connectivity index (χ1v) is 4.85. The molecule has 72 valence electrons. The summed E-state index contributed by atoms with van der Waals surface area (Å²) in [6, 6.07) is 0. The Kier molecular flexibility index (Phi) is 3.98. The van der Waals surface area contributed by atoms with Crippen LogP contribution in [0.1, 0.15) is 13.8 Å². The Bertz CT molecular complexity index is 120. The molecule has 1 rings (SSSR count). The number of likely N-dealkylation sites (N-methyl/N-ethyl adjacent to an activating group) is 1. The molecule has 0 spiro atoms. The maximum Gasteiger partial charge on any atom is 0.0639 e. The zero-order valence-corrected chi connectivity index (χ0v) is 8.16. The van der Waals surface area contributed by atoms with Crippen molar-refractivity contribution in [3.05, 3.63) is 0 Å². The Morgan fingerprint density at radius 3 is 2.08 bits per heavy atom. The van der Waals surface area contributed by atoms with Crippen molar-refractivity contribution in [3.8, 4) is 0 Å². The average Bonchev–Trinajstić information content (AvgIpc) is 2.05. The van der Waals surface area contributed by atoms with Crippen molar-refractivity contribution >= 4 is 0 Å². The Balaban J connectivity index is 2.17. The highest BCUT2D eigenvalue weighted by atomic mass is 16.3. The fourth-order valence-corrected chi connectivity index (χ4v) is 1.66. The van der Waals surface area contributed by atoms with Gasteiger partial charge in [-0.1, -0.05) is 6.92 Å². The lowest BCUT2D eigenvalue weighted by Gasteiger charge is -2.34. The lowest BCUT2D eigenvalue weighted by molar-refractivity contribution is 0.0829. The van der Waals surface area contributed by atoms with E-state index >= 15 is 0 Å². The Labute approximate surface area is 75.0 Å². The highest BCUT2D eigenvalue weighted by molar-refractivity contribution is 4.71. The molecule has 0 aliphatic carbocycles. The van der Waals surface area contributed by atoms with Gasteiger partial charge in [-0.25, -0.2) is 0 Å². The summed E-state index contributed by atoms with van der Waals surface area (Å²) in [4.78, 5) is 4.77. The summed E-state index contributed by atoms with van der Waals surface area (Å²) >= 11 is 0. The first-order valence-electron chi connectivity index (χ1n) is 4.85. The van der Waals surface area contributed by atoms with Gasteiger partial charge in [0.05, 0.1) is 6.10 Å². The van der Waals surface area contributed by atoms with E-state index in [0.29, 0.717) is 0 Å². The van der Waals surface area contributed by atoms with E-state index in [1.165, 1.54) is 0 Å². The Morgan fingerprint density at radius 1 is 1.17 bits per heavy atom. The van der Waals surface area contributed by atoms with Crippen LogP contribution in [-0.2, 0) is 0 Å². The van der Waals surface area contributed by atoms with Crippen molar-refractivity contribution in [1.29, 1.82) is 0 Å². The van der Waals surface area contributed by atoms with E-state index in [1.807, 2.05) is 6.92 Å². The topological polar surface area (TPSA) is 26.7 Å². The summed E-state index contributed by atoms with van der Waals surface area (Å²) in [6.07, 6.45) is -0.182. The largest absolute Gasteiger partial charge is 0.392 e. The van der Waals surface area contributed by atoms with Gasteiger partial charge >= 0.3 is 0 Å². The van der Waals surface area contributed by atoms with Crippen molar-refractivity contribution in [2.75, 3.05) is 39.3 Å². The van der Waals surface area contributed by atoms with E-state index in [-0.39, 0.29) is 6.10 Å². The summed E-state index contributed by atoms with van der Waals surface area (Å²) in [7, 11) is 0. The maximum atomic E-state index is 9.17. The molecule has 1 unspecified atom stereocenters. The summed E-state index contributed by atoms with van der Waals surface area (Å²) in [6.45, 7) is 10.6. The molecule has 0 aromatic carbocycles. The molecule has 3 heteroatoms. The Hall–Kier alpha value is -0.120. The van der Waals surface area contributed by atoms with Crippen LogP contribution in [0.4, 0.5) is 0 Å². The molecule has 0 aromatic heterocycles. The van der Waals surface area contributed by atoms with Crippen LogP contribution < -0.4 is 0 Å². The van der Waals surface area contributed by atoms with E-state index in [9.17, 15) is 5.11 Å². The molecule has 1 N–H and O–H groups in total. The molecule has 1 aliphatic heterocycles. The molecule has 1 aliphatic rings. The highest BCUT2D eigenvalue weighted by Crippen LogP contribution is 2.01. The van der Waals surface area contributed by atoms with Gasteiger partial charge in [0, 0.05) is 32.7 Å². The van der Waals surface area contributed by atoms with Crippen LogP contribution in [0.3, 0.4) is 0 Å². The highest BCUT2D eigenvalue weighted by Gasteiger charge is 2.15. The first-order chi connectivity index (χ1) is 5.72. The number of β-amino-alcohol motifs (C(OH)–C–C–N with tert-alkyl or cyclic N) is 1. The van der Waals surface area contributed by atoms with Crippen molar-refractivity contribution in [2.24, 2.45) is 0 Å². The molecular weight excluding hydrogens is 152 g/mol. The second-order valence-corrected chi connectivity index (χ2v) is 3.58. The standard InChI is InChI=1S/C9H20N2O/c1-3-10-4-6-11(7-5-10)8-9(2)12/h9,12H,3-8H2,1-2H3. The van der Waals surface area contributed by atoms with Crippen LogP contribution in [0.15, 0.2) is 0 Å². The minimum absolute atomic E-state index is 0.182. The van der Waals surface area contributed by atoms with Gasteiger partial charge in [0.15, 0.2) is 0 Å². The number of piperazine rings is 1. The van der Waals surface area contributed by atoms with Crippen LogP contribution in [-0.4, -0.2) is 60.3 Å². The minimum Gasteiger partial charge on any atom is -0.392 e. The molecule has 12 heavy (non-hydrogen) atoms. The molecule has 3 nitrogen and oxygen atoms in total. The SMILES string of the molecule is CCN1CCN(CC(C)O)CC1. The minimum atomic E-state index is -0.182. The van der Waals surface area contributed by atoms with Crippen molar-refractivity contribution in [1.82, 2.24) is 9.80 Å². The van der Waals surface area contributed by atoms with Crippen molar-refractivity contribution < 1.29 is 5.11 Å². The molecule has 1 saturated heterocycles. The first kappa shape index (κ1) is 9.96. The third-order valence-electron chi connectivity index (χ3n) is 2.43. The Morgan fingerprint density at radius 2 is 1.67 bits per heavy atom. The van der Waals surface area contributed by atoms with E-state index in [4.69, 9.17) is 0 Å². The summed E-state index contributed by atoms with van der Waals surface area (Å²) in [5.74, 6) is 0. The van der Waals surface area contributed by atoms with Gasteiger partial charge in [0.2, 0.25) is 0 Å². The maximum absolute atomic E-state index is 9.17. The number of rotatable bonds is 3. The van der Waals surface area contributed by atoms with Crippen LogP contribution in [0.25, 0.3) is 0 Å². The van der Waals surface area contributed by atoms with Crippen LogP contribution >= 0.6 is 0 Å². The molecule has 0 bridgehead atoms. The van der Waals surface area contributed by atoms with E-state index < -0.39 is 0 Å². The number of aliphatic hydroxyl groups is 1. The molecule has 1 heterocycles. The van der Waals surface area contributed by atoms with Crippen LogP contribution in [0.5, 0.6) is 0 Å². The summed E-state index contributed by atoms with van der Waals surface area (Å²) in [5.41, 5.74) is 0. The number of nitrogens with zero attached hydrogens (tertiary/aromatic N) is 2. The third kappa shape index (κ3) is 3.09. The number of hydrogen-bond donors (Lipinski definition) is 1. The van der Waals surface area contributed by atoms with Gasteiger partial charge in [-0.05, 0) is 13.5 Å². The molecule has 1 atom stereocenters. The van der Waals surface area contributed by atoms with Gasteiger partial charge < -0.3 is 10.0 Å². The molecule has 0 amide bonds. The molecule has 0 radical (unpaired) electrons. The zero-order valence-electron chi connectivity index (χ0n) is 8.16.